The highest BCUT2D eigenvalue weighted by Crippen LogP contribution is 2.21. The Bertz CT molecular complexity index is 1310. The normalized spacial score (nSPS) is 11.5. The highest BCUT2D eigenvalue weighted by molar-refractivity contribution is 7.92. The van der Waals surface area contributed by atoms with Crippen LogP contribution in [-0.4, -0.2) is 17.8 Å². The van der Waals surface area contributed by atoms with Crippen molar-refractivity contribution in [1.82, 2.24) is 9.38 Å². The Morgan fingerprint density at radius 2 is 1.83 bits per heavy atom. The monoisotopic (exact) mass is 447 g/mol. The van der Waals surface area contributed by atoms with Crippen LogP contribution in [0.4, 0.5) is 5.69 Å². The number of sulfonamides is 1. The lowest BCUT2D eigenvalue weighted by atomic mass is 10.3. The van der Waals surface area contributed by atoms with Gasteiger partial charge in [-0.2, -0.15) is 0 Å². The molecular weight excluding hydrogens is 434 g/mol. The second kappa shape index (κ2) is 7.86. The number of thiazole rings is 1. The molecule has 7 nitrogen and oxygen atoms in total. The molecule has 4 aromatic rings. The third-order valence-corrected chi connectivity index (χ3v) is 6.38. The Balaban J connectivity index is 1.43. The zero-order chi connectivity index (χ0) is 20.4. The van der Waals surface area contributed by atoms with Crippen LogP contribution in [0.15, 0.2) is 75.9 Å². The van der Waals surface area contributed by atoms with Gasteiger partial charge in [0.05, 0.1) is 10.6 Å². The number of aromatic nitrogens is 2. The minimum Gasteiger partial charge on any atom is -0.487 e. The average Bonchev–Trinajstić information content (AvgIpc) is 3.17. The molecule has 10 heteroatoms. The first-order valence-electron chi connectivity index (χ1n) is 8.38. The third kappa shape index (κ3) is 4.42. The van der Waals surface area contributed by atoms with Crippen molar-refractivity contribution in [2.24, 2.45) is 0 Å². The smallest absolute Gasteiger partial charge is 0.261 e. The summed E-state index contributed by atoms with van der Waals surface area (Å²) in [5, 5.41) is 2.25. The molecule has 2 heterocycles. The Hall–Kier alpha value is -2.88. The van der Waals surface area contributed by atoms with Crippen molar-refractivity contribution in [3.8, 4) is 5.75 Å². The molecule has 4 rings (SSSR count). The molecule has 148 valence electrons. The first kappa shape index (κ1) is 19.4. The molecule has 0 aliphatic heterocycles. The van der Waals surface area contributed by atoms with Crippen molar-refractivity contribution in [3.63, 3.8) is 0 Å². The number of nitrogens with zero attached hydrogens (tertiary/aromatic N) is 2. The summed E-state index contributed by atoms with van der Waals surface area (Å²) in [6.45, 7) is 0.124. The van der Waals surface area contributed by atoms with Gasteiger partial charge in [-0.3, -0.25) is 13.9 Å². The lowest BCUT2D eigenvalue weighted by molar-refractivity contribution is 0.301. The molecule has 0 unspecified atom stereocenters. The maximum atomic E-state index is 12.4. The zero-order valence-corrected chi connectivity index (χ0v) is 17.2. The number of benzene rings is 2. The summed E-state index contributed by atoms with van der Waals surface area (Å²) in [6, 6.07) is 13.8. The SMILES string of the molecule is O=c1cc(COc2ccc(NS(=O)(=O)c3ccc(Cl)cc3)cc2)nc2sccn12. The first-order valence-corrected chi connectivity index (χ1v) is 11.1. The van der Waals surface area contributed by atoms with Crippen LogP contribution in [0.25, 0.3) is 4.96 Å². The maximum Gasteiger partial charge on any atom is 0.261 e. The Labute approximate surface area is 175 Å². The minimum absolute atomic E-state index is 0.114. The van der Waals surface area contributed by atoms with Gasteiger partial charge in [-0.1, -0.05) is 11.6 Å². The predicted octanol–water partition coefficient (Wildman–Crippen LogP) is 3.79. The van der Waals surface area contributed by atoms with Crippen LogP contribution in [0.1, 0.15) is 5.69 Å². The topological polar surface area (TPSA) is 89.8 Å². The summed E-state index contributed by atoms with van der Waals surface area (Å²) in [6.07, 6.45) is 1.67. The fraction of sp³-hybridized carbons (Fsp3) is 0.0526. The highest BCUT2D eigenvalue weighted by atomic mass is 35.5. The summed E-state index contributed by atoms with van der Waals surface area (Å²) >= 11 is 7.16. The van der Waals surface area contributed by atoms with Gasteiger partial charge in [0.1, 0.15) is 12.4 Å². The summed E-state index contributed by atoms with van der Waals surface area (Å²) in [5.74, 6) is 0.521. The van der Waals surface area contributed by atoms with E-state index >= 15 is 0 Å². The minimum atomic E-state index is -3.71. The van der Waals surface area contributed by atoms with E-state index in [1.807, 2.05) is 0 Å². The fourth-order valence-electron chi connectivity index (χ4n) is 2.57. The van der Waals surface area contributed by atoms with Crippen LogP contribution >= 0.6 is 22.9 Å². The Kier molecular flexibility index (Phi) is 5.27. The molecule has 0 saturated heterocycles. The largest absolute Gasteiger partial charge is 0.487 e. The van der Waals surface area contributed by atoms with Crippen molar-refractivity contribution in [3.05, 3.63) is 87.2 Å². The van der Waals surface area contributed by atoms with Crippen molar-refractivity contribution in [2.75, 3.05) is 4.72 Å². The van der Waals surface area contributed by atoms with Crippen molar-refractivity contribution in [1.29, 1.82) is 0 Å². The van der Waals surface area contributed by atoms with Gasteiger partial charge in [0.2, 0.25) is 0 Å². The summed E-state index contributed by atoms with van der Waals surface area (Å²) in [7, 11) is -3.71. The quantitative estimate of drug-likeness (QED) is 0.485. The van der Waals surface area contributed by atoms with Gasteiger partial charge in [0.25, 0.3) is 15.6 Å². The lowest BCUT2D eigenvalue weighted by Crippen LogP contribution is -2.14. The van der Waals surface area contributed by atoms with Gasteiger partial charge >= 0.3 is 0 Å². The van der Waals surface area contributed by atoms with Crippen LogP contribution in [0.5, 0.6) is 5.75 Å². The van der Waals surface area contributed by atoms with Crippen LogP contribution in [0, 0.1) is 0 Å². The molecule has 2 aromatic heterocycles. The standard InChI is InChI=1S/C19H14ClN3O4S2/c20-13-1-7-17(8-2-13)29(25,26)22-14-3-5-16(6-4-14)27-12-15-11-18(24)23-9-10-28-19(23)21-15/h1-11,22H,12H2. The number of hydrogen-bond acceptors (Lipinski definition) is 6. The van der Waals surface area contributed by atoms with Gasteiger partial charge in [0.15, 0.2) is 4.96 Å². The molecule has 0 radical (unpaired) electrons. The molecule has 0 aliphatic carbocycles. The molecule has 29 heavy (non-hydrogen) atoms. The van der Waals surface area contributed by atoms with Gasteiger partial charge < -0.3 is 4.74 Å². The lowest BCUT2D eigenvalue weighted by Gasteiger charge is -2.10. The van der Waals surface area contributed by atoms with Crippen LogP contribution in [0.3, 0.4) is 0 Å². The Morgan fingerprint density at radius 3 is 2.55 bits per heavy atom. The molecular formula is C19H14ClN3O4S2. The number of anilines is 1. The van der Waals surface area contributed by atoms with Crippen LogP contribution < -0.4 is 15.0 Å². The molecule has 0 amide bonds. The van der Waals surface area contributed by atoms with E-state index in [1.54, 1.807) is 35.8 Å². The second-order valence-corrected chi connectivity index (χ2v) is 9.01. The van der Waals surface area contributed by atoms with E-state index in [4.69, 9.17) is 16.3 Å². The Morgan fingerprint density at radius 1 is 1.10 bits per heavy atom. The number of halogens is 1. The van der Waals surface area contributed by atoms with Crippen molar-refractivity contribution >= 4 is 43.6 Å². The molecule has 0 bridgehead atoms. The van der Waals surface area contributed by atoms with E-state index < -0.39 is 10.0 Å². The predicted molar refractivity (Wildman–Crippen MR) is 112 cm³/mol. The first-order chi connectivity index (χ1) is 13.9. The van der Waals surface area contributed by atoms with E-state index in [0.29, 0.717) is 27.1 Å². The molecule has 1 N–H and O–H groups in total. The van der Waals surface area contributed by atoms with Gasteiger partial charge in [-0.05, 0) is 48.5 Å². The molecule has 0 aliphatic rings. The summed E-state index contributed by atoms with van der Waals surface area (Å²) in [4.78, 5) is 17.1. The molecule has 0 saturated carbocycles. The highest BCUT2D eigenvalue weighted by Gasteiger charge is 2.14. The number of rotatable bonds is 6. The van der Waals surface area contributed by atoms with E-state index in [-0.39, 0.29) is 17.1 Å². The third-order valence-electron chi connectivity index (χ3n) is 3.97. The zero-order valence-electron chi connectivity index (χ0n) is 14.8. The number of ether oxygens (including phenoxy) is 1. The van der Waals surface area contributed by atoms with Crippen molar-refractivity contribution in [2.45, 2.75) is 11.5 Å². The fourth-order valence-corrected chi connectivity index (χ4v) is 4.49. The molecule has 0 atom stereocenters. The van der Waals surface area contributed by atoms with E-state index in [9.17, 15) is 13.2 Å². The van der Waals surface area contributed by atoms with Gasteiger partial charge in [0, 0.05) is 28.4 Å². The molecule has 0 spiro atoms. The number of hydrogen-bond donors (Lipinski definition) is 1. The van der Waals surface area contributed by atoms with E-state index in [0.717, 1.165) is 0 Å². The average molecular weight is 448 g/mol. The summed E-state index contributed by atoms with van der Waals surface area (Å²) < 4.78 is 34.4. The van der Waals surface area contributed by atoms with Crippen LogP contribution in [-0.2, 0) is 16.6 Å². The van der Waals surface area contributed by atoms with E-state index in [1.165, 1.54) is 46.1 Å². The number of nitrogens with one attached hydrogen (secondary N) is 1. The maximum absolute atomic E-state index is 12.4. The number of fused-ring (bicyclic) bond motifs is 1. The molecule has 2 aromatic carbocycles. The van der Waals surface area contributed by atoms with E-state index in [2.05, 4.69) is 9.71 Å². The van der Waals surface area contributed by atoms with Crippen molar-refractivity contribution < 1.29 is 13.2 Å². The van der Waals surface area contributed by atoms with Crippen LogP contribution in [0.2, 0.25) is 5.02 Å². The molecule has 0 fully saturated rings. The summed E-state index contributed by atoms with van der Waals surface area (Å²) in [5.41, 5.74) is 0.746. The van der Waals surface area contributed by atoms with Gasteiger partial charge in [-0.25, -0.2) is 13.4 Å². The van der Waals surface area contributed by atoms with Gasteiger partial charge in [-0.15, -0.1) is 11.3 Å². The second-order valence-electron chi connectivity index (χ2n) is 6.01.